The van der Waals surface area contributed by atoms with Gasteiger partial charge in [0.25, 0.3) is 5.91 Å². The molecule has 1 N–H and O–H groups in total. The number of nitrogens with one attached hydrogen (secondary N) is 1. The van der Waals surface area contributed by atoms with Gasteiger partial charge >= 0.3 is 0 Å². The molecular formula is C18H23N3OS. The maximum absolute atomic E-state index is 12.2. The van der Waals surface area contributed by atoms with E-state index in [2.05, 4.69) is 36.8 Å². The Balaban J connectivity index is 3.00. The van der Waals surface area contributed by atoms with Gasteiger partial charge in [-0.15, -0.1) is 11.3 Å². The van der Waals surface area contributed by atoms with Crippen LogP contribution in [0.1, 0.15) is 43.2 Å². The summed E-state index contributed by atoms with van der Waals surface area (Å²) in [4.78, 5) is 17.2. The number of nitriles is 1. The standard InChI is InChI=1S/C18H23N3OS/c1-6-12(3)10-16-14(5)15(11-19)18(23-16)21-17(22)13(4)8-9-20-7-2/h7-9,12H,2,6,10H2,1,3-5H3,(H,21,22)/b13-8+,20-9-. The Morgan fingerprint density at radius 1 is 1.57 bits per heavy atom. The first kappa shape index (κ1) is 18.9. The van der Waals surface area contributed by atoms with Gasteiger partial charge in [-0.05, 0) is 37.8 Å². The Hall–Kier alpha value is -2.19. The van der Waals surface area contributed by atoms with Crippen molar-refractivity contribution < 1.29 is 4.79 Å². The summed E-state index contributed by atoms with van der Waals surface area (Å²) in [5.74, 6) is 0.326. The Kier molecular flexibility index (Phi) is 7.43. The van der Waals surface area contributed by atoms with Crippen LogP contribution in [0.5, 0.6) is 0 Å². The Morgan fingerprint density at radius 3 is 2.83 bits per heavy atom. The summed E-state index contributed by atoms with van der Waals surface area (Å²) in [5, 5.41) is 12.9. The summed E-state index contributed by atoms with van der Waals surface area (Å²) in [6.07, 6.45) is 6.55. The normalized spacial score (nSPS) is 12.9. The monoisotopic (exact) mass is 329 g/mol. The number of anilines is 1. The third-order valence-corrected chi connectivity index (χ3v) is 4.92. The van der Waals surface area contributed by atoms with E-state index in [9.17, 15) is 10.1 Å². The van der Waals surface area contributed by atoms with Gasteiger partial charge in [0.05, 0.1) is 5.56 Å². The van der Waals surface area contributed by atoms with Crippen LogP contribution in [-0.4, -0.2) is 12.1 Å². The van der Waals surface area contributed by atoms with Crippen molar-refractivity contribution in [2.75, 3.05) is 5.32 Å². The van der Waals surface area contributed by atoms with Crippen molar-refractivity contribution in [1.82, 2.24) is 0 Å². The molecule has 0 aliphatic rings. The molecule has 0 saturated carbocycles. The first-order chi connectivity index (χ1) is 10.9. The van der Waals surface area contributed by atoms with Crippen LogP contribution in [0.2, 0.25) is 0 Å². The fourth-order valence-electron chi connectivity index (χ4n) is 1.93. The quantitative estimate of drug-likeness (QED) is 0.586. The molecule has 0 spiro atoms. The van der Waals surface area contributed by atoms with Gasteiger partial charge in [-0.1, -0.05) is 26.8 Å². The van der Waals surface area contributed by atoms with Gasteiger partial charge in [0.2, 0.25) is 0 Å². The lowest BCUT2D eigenvalue weighted by Crippen LogP contribution is -2.12. The number of thiophene rings is 1. The highest BCUT2D eigenvalue weighted by atomic mass is 32.1. The lowest BCUT2D eigenvalue weighted by atomic mass is 10.0. The van der Waals surface area contributed by atoms with Gasteiger partial charge in [0.15, 0.2) is 0 Å². The highest BCUT2D eigenvalue weighted by Crippen LogP contribution is 2.34. The largest absolute Gasteiger partial charge is 0.313 e. The molecule has 1 aromatic heterocycles. The number of aliphatic imine (C=N–C) groups is 1. The van der Waals surface area contributed by atoms with E-state index in [1.54, 1.807) is 13.0 Å². The number of hydrogen-bond donors (Lipinski definition) is 1. The maximum atomic E-state index is 12.2. The van der Waals surface area contributed by atoms with E-state index in [0.29, 0.717) is 22.1 Å². The molecule has 1 rings (SSSR count). The van der Waals surface area contributed by atoms with Crippen molar-refractivity contribution >= 4 is 28.5 Å². The van der Waals surface area contributed by atoms with Crippen LogP contribution in [-0.2, 0) is 11.2 Å². The second kappa shape index (κ2) is 9.06. The first-order valence-corrected chi connectivity index (χ1v) is 8.40. The Bertz CT molecular complexity index is 677. The molecule has 1 atom stereocenters. The lowest BCUT2D eigenvalue weighted by molar-refractivity contribution is -0.112. The van der Waals surface area contributed by atoms with E-state index >= 15 is 0 Å². The molecule has 0 aliphatic heterocycles. The molecule has 0 saturated heterocycles. The average Bonchev–Trinajstić information content (AvgIpc) is 2.82. The van der Waals surface area contributed by atoms with Crippen LogP contribution in [0.3, 0.4) is 0 Å². The molecule has 5 heteroatoms. The van der Waals surface area contributed by atoms with Gasteiger partial charge in [-0.2, -0.15) is 5.26 Å². The van der Waals surface area contributed by atoms with Crippen molar-refractivity contribution in [2.45, 2.75) is 40.5 Å². The number of hydrogen-bond acceptors (Lipinski definition) is 4. The molecule has 1 heterocycles. The third-order valence-electron chi connectivity index (χ3n) is 3.69. The van der Waals surface area contributed by atoms with Crippen LogP contribution in [0.15, 0.2) is 29.4 Å². The predicted octanol–water partition coefficient (Wildman–Crippen LogP) is 4.62. The number of carbonyl (C=O) groups is 1. The molecular weight excluding hydrogens is 306 g/mol. The molecule has 0 fully saturated rings. The SMILES string of the molecule is C=C/N=C\C=C(/C)C(=O)Nc1sc(CC(C)CC)c(C)c1C#N. The molecule has 0 radical (unpaired) electrons. The third kappa shape index (κ3) is 5.19. The minimum Gasteiger partial charge on any atom is -0.313 e. The molecule has 1 unspecified atom stereocenters. The van der Waals surface area contributed by atoms with Crippen molar-refractivity contribution in [2.24, 2.45) is 10.9 Å². The van der Waals surface area contributed by atoms with Gasteiger partial charge in [-0.25, -0.2) is 0 Å². The van der Waals surface area contributed by atoms with Crippen molar-refractivity contribution in [3.63, 3.8) is 0 Å². The molecule has 0 aliphatic carbocycles. The summed E-state index contributed by atoms with van der Waals surface area (Å²) in [5.41, 5.74) is 2.06. The first-order valence-electron chi connectivity index (χ1n) is 7.59. The number of allylic oxidation sites excluding steroid dienone is 1. The summed E-state index contributed by atoms with van der Waals surface area (Å²) in [6.45, 7) is 11.5. The van der Waals surface area contributed by atoms with Crippen LogP contribution >= 0.6 is 11.3 Å². The van der Waals surface area contributed by atoms with E-state index in [4.69, 9.17) is 0 Å². The number of carbonyl (C=O) groups excluding carboxylic acids is 1. The van der Waals surface area contributed by atoms with E-state index in [-0.39, 0.29) is 5.91 Å². The summed E-state index contributed by atoms with van der Waals surface area (Å²) < 4.78 is 0. The van der Waals surface area contributed by atoms with Crippen molar-refractivity contribution in [1.29, 1.82) is 5.26 Å². The van der Waals surface area contributed by atoms with E-state index in [1.165, 1.54) is 28.6 Å². The summed E-state index contributed by atoms with van der Waals surface area (Å²) in [7, 11) is 0. The maximum Gasteiger partial charge on any atom is 0.251 e. The topological polar surface area (TPSA) is 65.2 Å². The molecule has 1 aromatic rings. The van der Waals surface area contributed by atoms with Gasteiger partial charge < -0.3 is 5.32 Å². The van der Waals surface area contributed by atoms with Crippen LogP contribution < -0.4 is 5.32 Å². The predicted molar refractivity (Wildman–Crippen MR) is 98.0 cm³/mol. The van der Waals surface area contributed by atoms with Crippen molar-refractivity contribution in [3.05, 3.63) is 40.4 Å². The van der Waals surface area contributed by atoms with Gasteiger partial charge in [-0.3, -0.25) is 9.79 Å². The fourth-order valence-corrected chi connectivity index (χ4v) is 3.25. The Morgan fingerprint density at radius 2 is 2.26 bits per heavy atom. The molecule has 0 aromatic carbocycles. The number of amides is 1. The second-order valence-corrected chi connectivity index (χ2v) is 6.57. The molecule has 0 bridgehead atoms. The van der Waals surface area contributed by atoms with Crippen molar-refractivity contribution in [3.8, 4) is 6.07 Å². The van der Waals surface area contributed by atoms with Gasteiger partial charge in [0, 0.05) is 22.9 Å². The molecule has 4 nitrogen and oxygen atoms in total. The minimum absolute atomic E-state index is 0.228. The second-order valence-electron chi connectivity index (χ2n) is 5.47. The smallest absolute Gasteiger partial charge is 0.251 e. The van der Waals surface area contributed by atoms with Crippen LogP contribution in [0.4, 0.5) is 5.00 Å². The molecule has 23 heavy (non-hydrogen) atoms. The lowest BCUT2D eigenvalue weighted by Gasteiger charge is -2.06. The summed E-state index contributed by atoms with van der Waals surface area (Å²) >= 11 is 1.50. The zero-order valence-electron chi connectivity index (χ0n) is 14.1. The summed E-state index contributed by atoms with van der Waals surface area (Å²) in [6, 6.07) is 2.21. The van der Waals surface area contributed by atoms with E-state index in [0.717, 1.165) is 18.4 Å². The highest BCUT2D eigenvalue weighted by molar-refractivity contribution is 7.16. The van der Waals surface area contributed by atoms with Crippen LogP contribution in [0.25, 0.3) is 0 Å². The molecule has 122 valence electrons. The van der Waals surface area contributed by atoms with E-state index in [1.807, 2.05) is 6.92 Å². The minimum atomic E-state index is -0.228. The number of nitrogens with zero attached hydrogens (tertiary/aromatic N) is 2. The zero-order valence-corrected chi connectivity index (χ0v) is 15.0. The fraction of sp³-hybridized carbons (Fsp3) is 0.389. The van der Waals surface area contributed by atoms with Gasteiger partial charge in [0.1, 0.15) is 11.1 Å². The highest BCUT2D eigenvalue weighted by Gasteiger charge is 2.18. The average molecular weight is 329 g/mol. The number of rotatable bonds is 7. The zero-order chi connectivity index (χ0) is 17.4. The molecule has 1 amide bonds. The van der Waals surface area contributed by atoms with Crippen LogP contribution in [0, 0.1) is 24.2 Å². The Labute approximate surface area is 142 Å². The van der Waals surface area contributed by atoms with E-state index < -0.39 is 0 Å².